The van der Waals surface area contributed by atoms with Gasteiger partial charge in [-0.15, -0.1) is 0 Å². The highest BCUT2D eigenvalue weighted by Crippen LogP contribution is 2.30. The first-order valence-corrected chi connectivity index (χ1v) is 11.4. The van der Waals surface area contributed by atoms with E-state index in [1.807, 2.05) is 24.3 Å². The number of phosphoric ester groups is 1. The van der Waals surface area contributed by atoms with Crippen molar-refractivity contribution in [2.24, 2.45) is 0 Å². The van der Waals surface area contributed by atoms with Gasteiger partial charge in [0.1, 0.15) is 5.56 Å². The highest BCUT2D eigenvalue weighted by atomic mass is 31.2. The van der Waals surface area contributed by atoms with Crippen molar-refractivity contribution in [3.8, 4) is 11.3 Å². The number of nitrogens with zero attached hydrogens (tertiary/aromatic N) is 4. The Morgan fingerprint density at radius 2 is 1.88 bits per heavy atom. The molecule has 0 bridgehead atoms. The Hall–Kier alpha value is -3.63. The van der Waals surface area contributed by atoms with Crippen LogP contribution in [-0.4, -0.2) is 20.0 Å². The summed E-state index contributed by atoms with van der Waals surface area (Å²) in [4.78, 5) is 27.9. The number of benzene rings is 1. The van der Waals surface area contributed by atoms with Crippen LogP contribution in [0.25, 0.3) is 11.3 Å². The SMILES string of the molecule is Nc1c(-c2cc(Cc3ccc(CNc4ncccn4)cc3)no2)ccc[n+]1COP(=O)([O-])O. The fourth-order valence-corrected chi connectivity index (χ4v) is 3.37. The number of nitrogen functional groups attached to an aromatic ring is 1. The van der Waals surface area contributed by atoms with Crippen molar-refractivity contribution < 1.29 is 28.0 Å². The molecule has 0 saturated carbocycles. The fraction of sp³-hybridized carbons (Fsp3) is 0.143. The first-order chi connectivity index (χ1) is 15.9. The second-order valence-electron chi connectivity index (χ2n) is 7.11. The van der Waals surface area contributed by atoms with Crippen LogP contribution < -0.4 is 20.5 Å². The largest absolute Gasteiger partial charge is 0.756 e. The van der Waals surface area contributed by atoms with E-state index in [1.165, 1.54) is 10.8 Å². The van der Waals surface area contributed by atoms with Crippen LogP contribution in [0.5, 0.6) is 0 Å². The van der Waals surface area contributed by atoms with Crippen LogP contribution in [0.4, 0.5) is 11.8 Å². The summed E-state index contributed by atoms with van der Waals surface area (Å²) in [5.74, 6) is 1.20. The van der Waals surface area contributed by atoms with Crippen LogP contribution in [0, 0.1) is 0 Å². The third-order valence-corrected chi connectivity index (χ3v) is 5.17. The minimum atomic E-state index is -4.87. The van der Waals surface area contributed by atoms with Gasteiger partial charge in [-0.3, -0.25) is 14.8 Å². The van der Waals surface area contributed by atoms with E-state index in [1.54, 1.807) is 36.7 Å². The number of hydrogen-bond acceptors (Lipinski definition) is 9. The molecular weight excluding hydrogens is 447 g/mol. The van der Waals surface area contributed by atoms with Gasteiger partial charge in [0.2, 0.25) is 5.95 Å². The molecule has 1 atom stereocenters. The summed E-state index contributed by atoms with van der Waals surface area (Å²) >= 11 is 0. The van der Waals surface area contributed by atoms with Crippen molar-refractivity contribution in [3.63, 3.8) is 0 Å². The molecule has 0 saturated heterocycles. The van der Waals surface area contributed by atoms with Gasteiger partial charge >= 0.3 is 0 Å². The molecule has 4 aromatic rings. The van der Waals surface area contributed by atoms with Crippen LogP contribution in [0.2, 0.25) is 0 Å². The van der Waals surface area contributed by atoms with E-state index in [2.05, 4.69) is 25.0 Å². The molecule has 12 heteroatoms. The van der Waals surface area contributed by atoms with Gasteiger partial charge in [0.25, 0.3) is 13.6 Å². The Morgan fingerprint density at radius 1 is 1.15 bits per heavy atom. The van der Waals surface area contributed by atoms with Gasteiger partial charge in [-0.05, 0) is 29.3 Å². The second-order valence-corrected chi connectivity index (χ2v) is 8.30. The van der Waals surface area contributed by atoms with Gasteiger partial charge in [0, 0.05) is 31.4 Å². The molecule has 3 aromatic heterocycles. The second kappa shape index (κ2) is 9.88. The Balaban J connectivity index is 1.40. The summed E-state index contributed by atoms with van der Waals surface area (Å²) in [6.07, 6.45) is 5.44. The lowest BCUT2D eigenvalue weighted by molar-refractivity contribution is -0.712. The third kappa shape index (κ3) is 6.21. The van der Waals surface area contributed by atoms with E-state index >= 15 is 0 Å². The zero-order chi connectivity index (χ0) is 23.3. The van der Waals surface area contributed by atoms with E-state index < -0.39 is 14.6 Å². The zero-order valence-corrected chi connectivity index (χ0v) is 18.3. The van der Waals surface area contributed by atoms with E-state index in [0.29, 0.717) is 35.9 Å². The van der Waals surface area contributed by atoms with Crippen LogP contribution in [0.3, 0.4) is 0 Å². The first-order valence-electron chi connectivity index (χ1n) is 9.88. The molecule has 0 amide bonds. The number of anilines is 2. The van der Waals surface area contributed by atoms with Crippen molar-refractivity contribution in [2.45, 2.75) is 19.7 Å². The average molecular weight is 468 g/mol. The van der Waals surface area contributed by atoms with Gasteiger partial charge in [-0.2, -0.15) is 0 Å². The van der Waals surface area contributed by atoms with Crippen LogP contribution in [-0.2, 0) is 28.8 Å². The molecule has 1 unspecified atom stereocenters. The summed E-state index contributed by atoms with van der Waals surface area (Å²) in [6.45, 7) is 0.142. The molecule has 33 heavy (non-hydrogen) atoms. The minimum absolute atomic E-state index is 0.202. The molecular formula is C21H21N6O5P. The third-order valence-electron chi connectivity index (χ3n) is 4.72. The molecule has 11 nitrogen and oxygen atoms in total. The Bertz CT molecular complexity index is 1260. The predicted octanol–water partition coefficient (Wildman–Crippen LogP) is 1.64. The maximum absolute atomic E-state index is 10.8. The predicted molar refractivity (Wildman–Crippen MR) is 116 cm³/mol. The number of nitrogens with one attached hydrogen (secondary N) is 1. The number of nitrogens with two attached hydrogens (primary N) is 1. The summed E-state index contributed by atoms with van der Waals surface area (Å²) in [5, 5.41) is 7.27. The summed E-state index contributed by atoms with van der Waals surface area (Å²) < 4.78 is 22.0. The molecule has 4 N–H and O–H groups in total. The van der Waals surface area contributed by atoms with E-state index in [0.717, 1.165) is 11.1 Å². The van der Waals surface area contributed by atoms with E-state index in [-0.39, 0.29) is 5.82 Å². The molecule has 0 fully saturated rings. The molecule has 0 radical (unpaired) electrons. The molecule has 0 aliphatic heterocycles. The number of rotatable bonds is 9. The lowest BCUT2D eigenvalue weighted by Crippen LogP contribution is -2.38. The Kier molecular flexibility index (Phi) is 6.76. The monoisotopic (exact) mass is 468 g/mol. The van der Waals surface area contributed by atoms with Crippen LogP contribution in [0.1, 0.15) is 16.8 Å². The lowest BCUT2D eigenvalue weighted by atomic mass is 10.1. The summed E-state index contributed by atoms with van der Waals surface area (Å²) in [6, 6.07) is 14.9. The number of aromatic nitrogens is 4. The Labute approximate surface area is 189 Å². The first kappa shape index (κ1) is 22.6. The molecule has 3 heterocycles. The molecule has 170 valence electrons. The average Bonchev–Trinajstić information content (AvgIpc) is 3.26. The normalized spacial score (nSPS) is 12.9. The van der Waals surface area contributed by atoms with E-state index in [9.17, 15) is 9.46 Å². The van der Waals surface area contributed by atoms with Crippen molar-refractivity contribution in [1.82, 2.24) is 15.1 Å². The van der Waals surface area contributed by atoms with Gasteiger partial charge in [0.15, 0.2) is 12.5 Å². The van der Waals surface area contributed by atoms with Crippen molar-refractivity contribution in [1.29, 1.82) is 0 Å². The molecule has 0 aliphatic rings. The molecule has 0 spiro atoms. The number of hydrogen-bond donors (Lipinski definition) is 3. The molecule has 1 aromatic carbocycles. The molecule has 0 aliphatic carbocycles. The van der Waals surface area contributed by atoms with Crippen molar-refractivity contribution in [2.75, 3.05) is 11.1 Å². The molecule has 4 rings (SSSR count). The highest BCUT2D eigenvalue weighted by molar-refractivity contribution is 7.44. The van der Waals surface area contributed by atoms with Gasteiger partial charge < -0.3 is 19.6 Å². The maximum atomic E-state index is 10.8. The number of phosphoric acid groups is 1. The van der Waals surface area contributed by atoms with Crippen LogP contribution >= 0.6 is 7.82 Å². The fourth-order valence-electron chi connectivity index (χ4n) is 3.10. The van der Waals surface area contributed by atoms with Gasteiger partial charge in [0.05, 0.1) is 11.9 Å². The quantitative estimate of drug-likeness (QED) is 0.243. The smallest absolute Gasteiger partial charge is 0.285 e. The highest BCUT2D eigenvalue weighted by Gasteiger charge is 2.18. The lowest BCUT2D eigenvalue weighted by Gasteiger charge is -2.14. The maximum Gasteiger partial charge on any atom is 0.285 e. The number of pyridine rings is 1. The summed E-state index contributed by atoms with van der Waals surface area (Å²) in [7, 11) is -4.87. The topological polar surface area (TPSA) is 163 Å². The minimum Gasteiger partial charge on any atom is -0.756 e. The zero-order valence-electron chi connectivity index (χ0n) is 17.4. The Morgan fingerprint density at radius 3 is 2.61 bits per heavy atom. The van der Waals surface area contributed by atoms with Crippen molar-refractivity contribution >= 4 is 19.6 Å². The standard InChI is InChI=1S/C21H21N6O5P/c22-20-18(3-1-10-27(20)14-31-33(28,29)30)19-12-17(26-32-19)11-15-4-6-16(7-5-15)13-25-21-23-8-2-9-24-21/h1-10,12,22H,11,13-14H2,(H3,23,24,25,28,29,30). The van der Waals surface area contributed by atoms with Gasteiger partial charge in [-0.25, -0.2) is 14.5 Å². The van der Waals surface area contributed by atoms with Crippen LogP contribution in [0.15, 0.2) is 71.6 Å². The van der Waals surface area contributed by atoms with E-state index in [4.69, 9.17) is 15.2 Å². The van der Waals surface area contributed by atoms with Crippen molar-refractivity contribution in [3.05, 3.63) is 83.9 Å². The summed E-state index contributed by atoms with van der Waals surface area (Å²) in [5.41, 5.74) is 9.46. The van der Waals surface area contributed by atoms with Gasteiger partial charge in [-0.1, -0.05) is 29.4 Å².